The highest BCUT2D eigenvalue weighted by atomic mass is 32.2. The van der Waals surface area contributed by atoms with Crippen molar-refractivity contribution in [2.45, 2.75) is 63.8 Å². The summed E-state index contributed by atoms with van der Waals surface area (Å²) >= 11 is 0. The van der Waals surface area contributed by atoms with E-state index < -0.39 is 15.9 Å². The molecule has 1 fully saturated rings. The van der Waals surface area contributed by atoms with Crippen LogP contribution in [-0.4, -0.2) is 34.3 Å². The Bertz CT molecular complexity index is 906. The van der Waals surface area contributed by atoms with Gasteiger partial charge in [0.05, 0.1) is 0 Å². The molecule has 152 valence electrons. The first-order valence-electron chi connectivity index (χ1n) is 10.2. The molecule has 1 unspecified atom stereocenters. The quantitative estimate of drug-likeness (QED) is 0.717. The van der Waals surface area contributed by atoms with E-state index in [0.29, 0.717) is 0 Å². The van der Waals surface area contributed by atoms with Crippen LogP contribution in [0.1, 0.15) is 54.9 Å². The summed E-state index contributed by atoms with van der Waals surface area (Å²) in [6, 6.07) is 1.76. The Balaban J connectivity index is 1.50. The molecule has 3 aliphatic rings. The lowest BCUT2D eigenvalue weighted by Crippen LogP contribution is -2.37. The molecule has 1 saturated heterocycles. The second-order valence-electron chi connectivity index (χ2n) is 8.58. The highest BCUT2D eigenvalue weighted by molar-refractivity contribution is 7.93. The van der Waals surface area contributed by atoms with E-state index >= 15 is 0 Å². The zero-order valence-corrected chi connectivity index (χ0v) is 17.6. The molecule has 0 bridgehead atoms. The van der Waals surface area contributed by atoms with Crippen molar-refractivity contribution in [1.29, 1.82) is 4.78 Å². The zero-order chi connectivity index (χ0) is 19.9. The summed E-state index contributed by atoms with van der Waals surface area (Å²) in [5, 5.41) is 4.31. The van der Waals surface area contributed by atoms with Gasteiger partial charge in [-0.3, -0.25) is 4.90 Å². The largest absolute Gasteiger partial charge is 0.331 e. The Labute approximate surface area is 167 Å². The van der Waals surface area contributed by atoms with Crippen molar-refractivity contribution in [1.82, 2.24) is 9.62 Å². The molecule has 7 heteroatoms. The number of likely N-dealkylation sites (tertiary alicyclic amines) is 1. The van der Waals surface area contributed by atoms with Crippen LogP contribution in [0.15, 0.2) is 17.6 Å². The van der Waals surface area contributed by atoms with Gasteiger partial charge in [-0.1, -0.05) is 12.1 Å². The number of benzene rings is 1. The Kier molecular flexibility index (Phi) is 5.00. The minimum absolute atomic E-state index is 0.205. The fraction of sp³-hybridized carbons (Fsp3) is 0.571. The molecule has 2 atom stereocenters. The Morgan fingerprint density at radius 2 is 1.82 bits per heavy atom. The van der Waals surface area contributed by atoms with E-state index in [0.717, 1.165) is 63.6 Å². The molecular formula is C21H30N4O2S. The molecule has 2 amide bonds. The highest BCUT2D eigenvalue weighted by Gasteiger charge is 2.31. The van der Waals surface area contributed by atoms with Gasteiger partial charge in [0, 0.05) is 16.6 Å². The number of nitrogens with zero attached hydrogens (tertiary/aromatic N) is 1. The number of likely N-dealkylation sites (N-methyl/N-ethyl adjacent to an activating group) is 1. The van der Waals surface area contributed by atoms with Crippen LogP contribution in [0.5, 0.6) is 0 Å². The van der Waals surface area contributed by atoms with E-state index in [4.69, 9.17) is 4.78 Å². The van der Waals surface area contributed by atoms with Crippen LogP contribution >= 0.6 is 0 Å². The van der Waals surface area contributed by atoms with Gasteiger partial charge in [-0.25, -0.2) is 18.5 Å². The van der Waals surface area contributed by atoms with Crippen molar-refractivity contribution < 1.29 is 9.00 Å². The first-order chi connectivity index (χ1) is 13.3. The van der Waals surface area contributed by atoms with E-state index in [2.05, 4.69) is 27.9 Å². The first kappa shape index (κ1) is 19.5. The van der Waals surface area contributed by atoms with E-state index in [1.54, 1.807) is 0 Å². The number of hydrogen-bond acceptors (Lipinski definition) is 4. The van der Waals surface area contributed by atoms with Crippen LogP contribution in [-0.2, 0) is 35.6 Å². The molecule has 28 heavy (non-hydrogen) atoms. The van der Waals surface area contributed by atoms with Crippen LogP contribution in [0.2, 0.25) is 0 Å². The number of fused-ring (bicyclic) bond motifs is 2. The third kappa shape index (κ3) is 3.70. The summed E-state index contributed by atoms with van der Waals surface area (Å²) < 4.78 is 23.1. The number of nitrogens with one attached hydrogen (secondary N) is 3. The summed E-state index contributed by atoms with van der Waals surface area (Å²) in [7, 11) is -1.32. The summed E-state index contributed by atoms with van der Waals surface area (Å²) in [5.41, 5.74) is 5.81. The van der Waals surface area contributed by atoms with Gasteiger partial charge in [-0.05, 0) is 94.1 Å². The average Bonchev–Trinajstić information content (AvgIpc) is 3.34. The zero-order valence-electron chi connectivity index (χ0n) is 16.8. The third-order valence-electron chi connectivity index (χ3n) is 6.62. The highest BCUT2D eigenvalue weighted by Crippen LogP contribution is 2.38. The molecule has 2 aliphatic carbocycles. The molecule has 0 aromatic heterocycles. The molecule has 0 spiro atoms. The average molecular weight is 403 g/mol. The Morgan fingerprint density at radius 1 is 1.18 bits per heavy atom. The van der Waals surface area contributed by atoms with E-state index in [-0.39, 0.29) is 5.54 Å². The van der Waals surface area contributed by atoms with Crippen molar-refractivity contribution in [3.05, 3.63) is 39.8 Å². The minimum Gasteiger partial charge on any atom is -0.307 e. The lowest BCUT2D eigenvalue weighted by molar-refractivity contribution is 0.251. The predicted octanol–water partition coefficient (Wildman–Crippen LogP) is 3.75. The van der Waals surface area contributed by atoms with Gasteiger partial charge in [-0.2, -0.15) is 0 Å². The number of carbonyl (C=O) groups excluding carboxylic acids is 1. The second kappa shape index (κ2) is 7.19. The number of amides is 2. The molecule has 6 nitrogen and oxygen atoms in total. The van der Waals surface area contributed by atoms with E-state index in [9.17, 15) is 9.00 Å². The number of hydrogen-bond donors (Lipinski definition) is 3. The maximum absolute atomic E-state index is 12.6. The lowest BCUT2D eigenvalue weighted by Gasteiger charge is -2.28. The van der Waals surface area contributed by atoms with Crippen LogP contribution in [0, 0.1) is 4.78 Å². The van der Waals surface area contributed by atoms with Gasteiger partial charge >= 0.3 is 6.03 Å². The smallest absolute Gasteiger partial charge is 0.307 e. The standard InChI is InChI=1S/C21H30N4O2S/c1-21(10-5-12-25(21)2)11-13-28(22,27)24-20(26)23-19-17-8-3-6-15(17)14-16-7-4-9-18(16)19/h11,13-14H,3-10,12H2,1-2H3,(H3,22,23,24,26,27)/b13-11+/t21-,28?/m0/s1. The molecule has 3 N–H and O–H groups in total. The van der Waals surface area contributed by atoms with Crippen molar-refractivity contribution in [3.8, 4) is 0 Å². The van der Waals surface area contributed by atoms with Crippen molar-refractivity contribution >= 4 is 21.6 Å². The van der Waals surface area contributed by atoms with Crippen LogP contribution in [0.3, 0.4) is 0 Å². The van der Waals surface area contributed by atoms with Gasteiger partial charge in [0.25, 0.3) is 0 Å². The van der Waals surface area contributed by atoms with Gasteiger partial charge in [0.2, 0.25) is 0 Å². The molecule has 0 saturated carbocycles. The summed E-state index contributed by atoms with van der Waals surface area (Å²) in [4.78, 5) is 14.8. The number of carbonyl (C=O) groups is 1. The third-order valence-corrected chi connectivity index (χ3v) is 7.63. The fourth-order valence-corrected chi connectivity index (χ4v) is 5.73. The van der Waals surface area contributed by atoms with Crippen LogP contribution in [0.4, 0.5) is 10.5 Å². The molecule has 4 rings (SSSR count). The predicted molar refractivity (Wildman–Crippen MR) is 113 cm³/mol. The summed E-state index contributed by atoms with van der Waals surface area (Å²) in [6.45, 7) is 3.06. The molecule has 1 aromatic rings. The number of aryl methyl sites for hydroxylation is 2. The van der Waals surface area contributed by atoms with Crippen LogP contribution < -0.4 is 10.0 Å². The Hall–Kier alpha value is -1.86. The maximum atomic E-state index is 12.6. The maximum Gasteiger partial charge on any atom is 0.331 e. The number of anilines is 1. The Morgan fingerprint density at radius 3 is 2.39 bits per heavy atom. The lowest BCUT2D eigenvalue weighted by atomic mass is 9.99. The normalized spacial score (nSPS) is 26.2. The molecule has 1 heterocycles. The monoisotopic (exact) mass is 402 g/mol. The molecule has 0 radical (unpaired) electrons. The van der Waals surface area contributed by atoms with Gasteiger partial charge in [0.1, 0.15) is 0 Å². The van der Waals surface area contributed by atoms with Gasteiger partial charge in [0.15, 0.2) is 9.92 Å². The molecular weight excluding hydrogens is 372 g/mol. The van der Waals surface area contributed by atoms with Crippen molar-refractivity contribution in [2.24, 2.45) is 0 Å². The number of rotatable bonds is 4. The van der Waals surface area contributed by atoms with Crippen molar-refractivity contribution in [2.75, 3.05) is 18.9 Å². The van der Waals surface area contributed by atoms with E-state index in [1.807, 2.05) is 13.1 Å². The van der Waals surface area contributed by atoms with Gasteiger partial charge < -0.3 is 5.32 Å². The topological polar surface area (TPSA) is 85.3 Å². The number of urea groups is 1. The second-order valence-corrected chi connectivity index (χ2v) is 10.3. The van der Waals surface area contributed by atoms with Gasteiger partial charge in [-0.15, -0.1) is 0 Å². The SMILES string of the molecule is CN1CCC[C@@]1(C)/C=C/S(=N)(=O)NC(=O)Nc1c2c(cc3c1CCC3)CCC2. The molecule has 1 aliphatic heterocycles. The first-order valence-corrected chi connectivity index (χ1v) is 11.8. The van der Waals surface area contributed by atoms with E-state index in [1.165, 1.54) is 27.7 Å². The van der Waals surface area contributed by atoms with Crippen LogP contribution in [0.25, 0.3) is 0 Å². The summed E-state index contributed by atoms with van der Waals surface area (Å²) in [5.74, 6) is 0. The fourth-order valence-electron chi connectivity index (χ4n) is 4.85. The molecule has 1 aromatic carbocycles. The van der Waals surface area contributed by atoms with Crippen molar-refractivity contribution in [3.63, 3.8) is 0 Å². The minimum atomic E-state index is -3.35. The summed E-state index contributed by atoms with van der Waals surface area (Å²) in [6.07, 6.45) is 10.1.